The van der Waals surface area contributed by atoms with Crippen LogP contribution < -0.4 is 0 Å². The van der Waals surface area contributed by atoms with Crippen LogP contribution in [0.2, 0.25) is 0 Å². The lowest BCUT2D eigenvalue weighted by atomic mass is 9.93. The van der Waals surface area contributed by atoms with Gasteiger partial charge in [-0.2, -0.15) is 26.1 Å². The van der Waals surface area contributed by atoms with Crippen LogP contribution in [0.25, 0.3) is 10.9 Å². The topological polar surface area (TPSA) is 139 Å². The Bertz CT molecular complexity index is 1440. The van der Waals surface area contributed by atoms with Gasteiger partial charge in [-0.15, -0.1) is 0 Å². The lowest BCUT2D eigenvalue weighted by Crippen LogP contribution is -2.11. The molecule has 1 heterocycles. The Morgan fingerprint density at radius 3 is 2.10 bits per heavy atom. The highest BCUT2D eigenvalue weighted by Crippen LogP contribution is 2.33. The van der Waals surface area contributed by atoms with Crippen LogP contribution in [-0.2, 0) is 11.3 Å². The van der Waals surface area contributed by atoms with E-state index in [-0.39, 0.29) is 28.8 Å². The fourth-order valence-electron chi connectivity index (χ4n) is 3.80. The fraction of sp³-hybridized carbons (Fsp3) is 0.217. The average Bonchev–Trinajstić information content (AvgIpc) is 3.09. The summed E-state index contributed by atoms with van der Waals surface area (Å²) < 4.78 is 6.40. The van der Waals surface area contributed by atoms with Crippen molar-refractivity contribution in [3.63, 3.8) is 0 Å². The van der Waals surface area contributed by atoms with Gasteiger partial charge in [-0.05, 0) is 43.5 Å². The molecule has 8 nitrogen and oxygen atoms in total. The summed E-state index contributed by atoms with van der Waals surface area (Å²) >= 11 is 0. The molecule has 0 saturated carbocycles. The summed E-state index contributed by atoms with van der Waals surface area (Å²) in [7, 11) is 1.31. The van der Waals surface area contributed by atoms with Gasteiger partial charge in [0.1, 0.15) is 24.3 Å². The zero-order valence-electron chi connectivity index (χ0n) is 17.4. The summed E-state index contributed by atoms with van der Waals surface area (Å²) in [5, 5.41) is 43.5. The number of aryl methyl sites for hydroxylation is 2. The average molecular weight is 408 g/mol. The predicted molar refractivity (Wildman–Crippen MR) is 110 cm³/mol. The number of nitriles is 4. The number of aromatic nitrogens is 2. The number of carbonyl (C=O) groups is 1. The van der Waals surface area contributed by atoms with Gasteiger partial charge in [0.05, 0.1) is 52.7 Å². The van der Waals surface area contributed by atoms with Crippen LogP contribution in [0.5, 0.6) is 0 Å². The van der Waals surface area contributed by atoms with Gasteiger partial charge >= 0.3 is 5.97 Å². The minimum absolute atomic E-state index is 0.00641. The zero-order valence-corrected chi connectivity index (χ0v) is 17.4. The second kappa shape index (κ2) is 7.99. The van der Waals surface area contributed by atoms with E-state index in [2.05, 4.69) is 5.10 Å². The number of rotatable bonds is 3. The summed E-state index contributed by atoms with van der Waals surface area (Å²) in [6.45, 7) is 5.57. The van der Waals surface area contributed by atoms with E-state index >= 15 is 0 Å². The number of methoxy groups -OCH3 is 1. The number of fused-ring (bicyclic) bond motifs is 1. The number of nitrogens with zero attached hydrogens (tertiary/aromatic N) is 6. The quantitative estimate of drug-likeness (QED) is 0.606. The molecule has 0 amide bonds. The summed E-state index contributed by atoms with van der Waals surface area (Å²) in [5.74, 6) is -0.463. The molecule has 2 aromatic carbocycles. The van der Waals surface area contributed by atoms with Crippen molar-refractivity contribution in [2.24, 2.45) is 0 Å². The molecule has 0 aliphatic carbocycles. The highest BCUT2D eigenvalue weighted by molar-refractivity contribution is 5.96. The Kier molecular flexibility index (Phi) is 5.43. The molecule has 0 N–H and O–H groups in total. The molecule has 3 rings (SSSR count). The molecule has 31 heavy (non-hydrogen) atoms. The number of carbonyl (C=O) groups excluding carboxylic acids is 1. The van der Waals surface area contributed by atoms with E-state index in [9.17, 15) is 25.8 Å². The zero-order chi connectivity index (χ0) is 22.9. The Labute approximate surface area is 178 Å². The van der Waals surface area contributed by atoms with Crippen LogP contribution in [0.4, 0.5) is 0 Å². The molecular formula is C23H16N6O2. The third-order valence-electron chi connectivity index (χ3n) is 5.36. The maximum absolute atomic E-state index is 12.1. The Morgan fingerprint density at radius 2 is 1.55 bits per heavy atom. The second-order valence-electron chi connectivity index (χ2n) is 6.94. The molecule has 0 aliphatic heterocycles. The molecular weight excluding hydrogens is 392 g/mol. The molecule has 0 spiro atoms. The number of esters is 1. The lowest BCUT2D eigenvalue weighted by Gasteiger charge is -2.15. The predicted octanol–water partition coefficient (Wildman–Crippen LogP) is 3.28. The highest BCUT2D eigenvalue weighted by Gasteiger charge is 2.25. The van der Waals surface area contributed by atoms with E-state index < -0.39 is 5.97 Å². The molecule has 1 aromatic heterocycles. The summed E-state index contributed by atoms with van der Waals surface area (Å²) in [4.78, 5) is 12.1. The monoisotopic (exact) mass is 408 g/mol. The lowest BCUT2D eigenvalue weighted by molar-refractivity contribution is 0.0599. The Balaban J connectivity index is 2.39. The first-order valence-corrected chi connectivity index (χ1v) is 9.19. The van der Waals surface area contributed by atoms with Crippen LogP contribution >= 0.6 is 0 Å². The minimum Gasteiger partial charge on any atom is -0.465 e. The van der Waals surface area contributed by atoms with Gasteiger partial charge in [0, 0.05) is 5.39 Å². The van der Waals surface area contributed by atoms with E-state index in [0.717, 1.165) is 11.1 Å². The van der Waals surface area contributed by atoms with Crippen molar-refractivity contribution in [1.29, 1.82) is 21.0 Å². The summed E-state index contributed by atoms with van der Waals surface area (Å²) in [6.07, 6.45) is 0. The third kappa shape index (κ3) is 3.14. The molecule has 0 saturated heterocycles. The van der Waals surface area contributed by atoms with Gasteiger partial charge in [0.2, 0.25) is 0 Å². The number of hydrogen-bond donors (Lipinski definition) is 0. The first kappa shape index (κ1) is 21.1. The third-order valence-corrected chi connectivity index (χ3v) is 5.36. The van der Waals surface area contributed by atoms with Crippen molar-refractivity contribution in [2.45, 2.75) is 27.3 Å². The second-order valence-corrected chi connectivity index (χ2v) is 6.94. The van der Waals surface area contributed by atoms with Crippen molar-refractivity contribution in [3.05, 3.63) is 62.3 Å². The van der Waals surface area contributed by atoms with Crippen molar-refractivity contribution in [1.82, 2.24) is 9.78 Å². The van der Waals surface area contributed by atoms with Gasteiger partial charge in [0.15, 0.2) is 0 Å². The van der Waals surface area contributed by atoms with E-state index in [1.54, 1.807) is 30.7 Å². The SMILES string of the molecule is COC(=O)c1ccc(C)c(Cn2nc(C)c3c(C#N)c(C#N)c(C#N)c(C#N)c32)c1C. The summed E-state index contributed by atoms with van der Waals surface area (Å²) in [5.41, 5.74) is 3.35. The molecule has 150 valence electrons. The van der Waals surface area contributed by atoms with E-state index in [0.29, 0.717) is 27.7 Å². The highest BCUT2D eigenvalue weighted by atomic mass is 16.5. The van der Waals surface area contributed by atoms with Crippen LogP contribution in [-0.4, -0.2) is 22.9 Å². The largest absolute Gasteiger partial charge is 0.465 e. The fourth-order valence-corrected chi connectivity index (χ4v) is 3.80. The van der Waals surface area contributed by atoms with E-state index in [4.69, 9.17) is 4.74 Å². The van der Waals surface area contributed by atoms with Crippen molar-refractivity contribution >= 4 is 16.9 Å². The summed E-state index contributed by atoms with van der Waals surface area (Å²) in [6, 6.07) is 11.3. The van der Waals surface area contributed by atoms with E-state index in [1.165, 1.54) is 7.11 Å². The van der Waals surface area contributed by atoms with Gasteiger partial charge in [-0.3, -0.25) is 4.68 Å². The maximum Gasteiger partial charge on any atom is 0.338 e. The maximum atomic E-state index is 12.1. The molecule has 0 atom stereocenters. The van der Waals surface area contributed by atoms with Crippen molar-refractivity contribution in [3.8, 4) is 24.3 Å². The van der Waals surface area contributed by atoms with Gasteiger partial charge in [0.25, 0.3) is 0 Å². The van der Waals surface area contributed by atoms with Gasteiger partial charge in [-0.25, -0.2) is 4.79 Å². The Morgan fingerprint density at radius 1 is 0.968 bits per heavy atom. The first-order valence-electron chi connectivity index (χ1n) is 9.19. The Hall–Kier alpha value is -4.66. The van der Waals surface area contributed by atoms with Crippen molar-refractivity contribution in [2.75, 3.05) is 7.11 Å². The normalized spacial score (nSPS) is 10.1. The number of ether oxygens (including phenoxy) is 1. The molecule has 0 radical (unpaired) electrons. The number of benzene rings is 2. The van der Waals surface area contributed by atoms with Crippen molar-refractivity contribution < 1.29 is 9.53 Å². The van der Waals surface area contributed by atoms with E-state index in [1.807, 2.05) is 31.2 Å². The number of hydrogen-bond acceptors (Lipinski definition) is 7. The van der Waals surface area contributed by atoms with Crippen LogP contribution in [0, 0.1) is 66.1 Å². The molecule has 0 unspecified atom stereocenters. The first-order chi connectivity index (χ1) is 14.8. The minimum atomic E-state index is -0.463. The molecule has 3 aromatic rings. The van der Waals surface area contributed by atoms with Crippen LogP contribution in [0.3, 0.4) is 0 Å². The standard InChI is InChI=1S/C23H16N6O2/c1-12-5-6-15(23(30)31-4)13(2)20(12)11-29-22-19(10-27)17(8-25)16(7-24)18(9-26)21(22)14(3)28-29/h5-6H,11H2,1-4H3. The smallest absolute Gasteiger partial charge is 0.338 e. The molecule has 0 bridgehead atoms. The molecule has 0 fully saturated rings. The van der Waals surface area contributed by atoms with Gasteiger partial charge in [-0.1, -0.05) is 6.07 Å². The van der Waals surface area contributed by atoms with Crippen LogP contribution in [0.1, 0.15) is 55.0 Å². The molecule has 8 heteroatoms. The van der Waals surface area contributed by atoms with Gasteiger partial charge < -0.3 is 4.74 Å². The van der Waals surface area contributed by atoms with Crippen LogP contribution in [0.15, 0.2) is 12.1 Å². The molecule has 0 aliphatic rings.